The van der Waals surface area contributed by atoms with Crippen LogP contribution in [0.15, 0.2) is 82.1 Å². The summed E-state index contributed by atoms with van der Waals surface area (Å²) in [6.45, 7) is 3.83. The van der Waals surface area contributed by atoms with E-state index in [1.807, 2.05) is 54.9 Å². The van der Waals surface area contributed by atoms with Crippen LogP contribution in [-0.4, -0.2) is 33.4 Å². The van der Waals surface area contributed by atoms with E-state index in [2.05, 4.69) is 27.0 Å². The van der Waals surface area contributed by atoms with Gasteiger partial charge in [0.2, 0.25) is 10.0 Å². The van der Waals surface area contributed by atoms with E-state index in [0.29, 0.717) is 5.69 Å². The molecule has 0 spiro atoms. The highest BCUT2D eigenvalue weighted by atomic mass is 35.5. The van der Waals surface area contributed by atoms with Crippen LogP contribution in [0.25, 0.3) is 0 Å². The Morgan fingerprint density at radius 2 is 1.61 bits per heavy atom. The summed E-state index contributed by atoms with van der Waals surface area (Å²) in [5.41, 5.74) is 1.97. The van der Waals surface area contributed by atoms with Crippen molar-refractivity contribution in [2.45, 2.75) is 24.4 Å². The first kappa shape index (κ1) is 25.3. The van der Waals surface area contributed by atoms with Crippen molar-refractivity contribution in [3.8, 4) is 0 Å². The highest BCUT2D eigenvalue weighted by molar-refractivity contribution is 7.89. The summed E-state index contributed by atoms with van der Waals surface area (Å²) in [5, 5.41) is 12.1. The van der Waals surface area contributed by atoms with Crippen molar-refractivity contribution in [1.29, 1.82) is 0 Å². The van der Waals surface area contributed by atoms with Crippen molar-refractivity contribution >= 4 is 44.6 Å². The number of pyridine rings is 1. The second-order valence-corrected chi connectivity index (χ2v) is 10.6. The molecule has 2 aromatic carbocycles. The first-order valence-corrected chi connectivity index (χ1v) is 12.5. The summed E-state index contributed by atoms with van der Waals surface area (Å²) < 4.78 is 27.8. The van der Waals surface area contributed by atoms with E-state index >= 15 is 0 Å². The Kier molecular flexibility index (Phi) is 8.56. The normalized spacial score (nSPS) is 13.0. The van der Waals surface area contributed by atoms with Crippen LogP contribution in [0.1, 0.15) is 18.5 Å². The zero-order valence-corrected chi connectivity index (χ0v) is 20.9. The fourth-order valence-corrected chi connectivity index (χ4v) is 4.69. The molecule has 1 N–H and O–H groups in total. The lowest BCUT2D eigenvalue weighted by Crippen LogP contribution is -2.38. The monoisotopic (exact) mass is 506 g/mol. The average molecular weight is 507 g/mol. The van der Waals surface area contributed by atoms with Crippen LogP contribution in [0, 0.1) is 0 Å². The summed E-state index contributed by atoms with van der Waals surface area (Å²) in [4.78, 5) is -0.00189. The Morgan fingerprint density at radius 1 is 1.00 bits per heavy atom. The van der Waals surface area contributed by atoms with E-state index in [-0.39, 0.29) is 26.7 Å². The molecule has 0 bridgehead atoms. The van der Waals surface area contributed by atoms with Gasteiger partial charge in [-0.25, -0.2) is 17.3 Å². The summed E-state index contributed by atoms with van der Waals surface area (Å²) in [5.74, 6) is 0. The smallest absolute Gasteiger partial charge is 0.242 e. The van der Waals surface area contributed by atoms with Gasteiger partial charge < -0.3 is 5.32 Å². The largest absolute Gasteiger partial charge is 0.304 e. The topological polar surface area (TPSA) is 78.0 Å². The van der Waals surface area contributed by atoms with Crippen molar-refractivity contribution in [2.75, 3.05) is 20.6 Å². The highest BCUT2D eigenvalue weighted by Crippen LogP contribution is 2.37. The Balaban J connectivity index is 1.65. The zero-order valence-electron chi connectivity index (χ0n) is 18.6. The first-order valence-electron chi connectivity index (χ1n) is 10.3. The van der Waals surface area contributed by atoms with Crippen molar-refractivity contribution in [1.82, 2.24) is 9.62 Å². The van der Waals surface area contributed by atoms with Gasteiger partial charge in [-0.1, -0.05) is 41.4 Å². The lowest BCUT2D eigenvalue weighted by atomic mass is 10.1. The number of aromatic nitrogens is 1. The van der Waals surface area contributed by atoms with Crippen LogP contribution in [0.3, 0.4) is 0 Å². The molecule has 10 heteroatoms. The van der Waals surface area contributed by atoms with Crippen LogP contribution >= 0.6 is 23.2 Å². The quantitative estimate of drug-likeness (QED) is 0.316. The molecule has 33 heavy (non-hydrogen) atoms. The highest BCUT2D eigenvalue weighted by Gasteiger charge is 2.20. The SMILES string of the molecule is CC(NCC[n+]1ccccc1)c1ccc(N=Nc2c(Cl)cc(S(=O)(=O)N(C)C)cc2Cl)cc1. The molecule has 0 saturated carbocycles. The van der Waals surface area contributed by atoms with Gasteiger partial charge in [0.15, 0.2) is 18.9 Å². The average Bonchev–Trinajstić information content (AvgIpc) is 2.79. The molecular weight excluding hydrogens is 481 g/mol. The predicted octanol–water partition coefficient (Wildman–Crippen LogP) is 5.30. The number of azo groups is 1. The number of nitrogens with zero attached hydrogens (tertiary/aromatic N) is 4. The molecule has 3 rings (SSSR count). The van der Waals surface area contributed by atoms with Gasteiger partial charge in [-0.15, -0.1) is 5.11 Å². The number of rotatable bonds is 9. The van der Waals surface area contributed by atoms with E-state index < -0.39 is 10.0 Å². The Bertz CT molecular complexity index is 1190. The first-order chi connectivity index (χ1) is 15.7. The molecule has 0 saturated heterocycles. The van der Waals surface area contributed by atoms with Gasteiger partial charge in [-0.2, -0.15) is 5.11 Å². The molecule has 1 atom stereocenters. The molecule has 7 nitrogen and oxygen atoms in total. The maximum atomic E-state index is 12.3. The van der Waals surface area contributed by atoms with E-state index in [1.165, 1.54) is 26.2 Å². The standard InChI is InChI=1S/C23H26Cl2N5O2S/c1-17(26-11-14-30-12-5-4-6-13-30)18-7-9-19(10-8-18)27-28-23-21(24)15-20(16-22(23)25)33(31,32)29(2)3/h4-10,12-13,15-17,26H,11,14H2,1-3H3/q+1. The summed E-state index contributed by atoms with van der Waals surface area (Å²) >= 11 is 12.5. The number of halogens is 2. The maximum absolute atomic E-state index is 12.3. The molecular formula is C23H26Cl2N5O2S+. The Hall–Kier alpha value is -2.36. The Labute approximate surface area is 204 Å². The van der Waals surface area contributed by atoms with Gasteiger partial charge in [0.05, 0.1) is 27.2 Å². The minimum absolute atomic E-state index is 0.00189. The number of benzene rings is 2. The number of hydrogen-bond donors (Lipinski definition) is 1. The number of sulfonamides is 1. The predicted molar refractivity (Wildman–Crippen MR) is 131 cm³/mol. The second kappa shape index (κ2) is 11.2. The number of hydrogen-bond acceptors (Lipinski definition) is 5. The molecule has 0 radical (unpaired) electrons. The van der Waals surface area contributed by atoms with E-state index in [1.54, 1.807) is 0 Å². The van der Waals surface area contributed by atoms with Crippen molar-refractivity contribution in [3.05, 3.63) is 82.6 Å². The molecule has 174 valence electrons. The minimum Gasteiger partial charge on any atom is -0.304 e. The van der Waals surface area contributed by atoms with Crippen molar-refractivity contribution in [3.63, 3.8) is 0 Å². The van der Waals surface area contributed by atoms with E-state index in [9.17, 15) is 8.42 Å². The molecule has 1 aromatic heterocycles. The molecule has 0 amide bonds. The molecule has 0 aliphatic heterocycles. The van der Waals surface area contributed by atoms with Gasteiger partial charge >= 0.3 is 0 Å². The zero-order chi connectivity index (χ0) is 24.0. The molecule has 1 heterocycles. The van der Waals surface area contributed by atoms with Crippen LogP contribution in [0.2, 0.25) is 10.0 Å². The maximum Gasteiger partial charge on any atom is 0.242 e. The van der Waals surface area contributed by atoms with Crippen molar-refractivity contribution < 1.29 is 13.0 Å². The third-order valence-corrected chi connectivity index (χ3v) is 7.39. The third kappa shape index (κ3) is 6.59. The summed E-state index contributed by atoms with van der Waals surface area (Å²) in [7, 11) is -0.781. The fourth-order valence-electron chi connectivity index (χ4n) is 3.05. The van der Waals surface area contributed by atoms with Gasteiger partial charge in [-0.05, 0) is 36.8 Å². The van der Waals surface area contributed by atoms with E-state index in [0.717, 1.165) is 23.0 Å². The van der Waals surface area contributed by atoms with Crippen LogP contribution < -0.4 is 9.88 Å². The lowest BCUT2D eigenvalue weighted by Gasteiger charge is -2.13. The number of nitrogens with one attached hydrogen (secondary N) is 1. The molecule has 1 unspecified atom stereocenters. The Morgan fingerprint density at radius 3 is 2.18 bits per heavy atom. The fraction of sp³-hybridized carbons (Fsp3) is 0.261. The summed E-state index contributed by atoms with van der Waals surface area (Å²) in [6.07, 6.45) is 4.08. The van der Waals surface area contributed by atoms with Crippen LogP contribution in [0.4, 0.5) is 11.4 Å². The van der Waals surface area contributed by atoms with Crippen LogP contribution in [0.5, 0.6) is 0 Å². The third-order valence-electron chi connectivity index (χ3n) is 5.03. The minimum atomic E-state index is -3.66. The van der Waals surface area contributed by atoms with Crippen LogP contribution in [-0.2, 0) is 16.6 Å². The molecule has 0 fully saturated rings. The van der Waals surface area contributed by atoms with Gasteiger partial charge in [0, 0.05) is 32.3 Å². The lowest BCUT2D eigenvalue weighted by molar-refractivity contribution is -0.695. The second-order valence-electron chi connectivity index (χ2n) is 7.60. The summed E-state index contributed by atoms with van der Waals surface area (Å²) in [6, 6.07) is 16.5. The van der Waals surface area contributed by atoms with E-state index in [4.69, 9.17) is 23.2 Å². The van der Waals surface area contributed by atoms with Gasteiger partial charge in [0.1, 0.15) is 5.69 Å². The van der Waals surface area contributed by atoms with Gasteiger partial charge in [-0.3, -0.25) is 0 Å². The molecule has 0 aliphatic rings. The molecule has 3 aromatic rings. The van der Waals surface area contributed by atoms with Gasteiger partial charge in [0.25, 0.3) is 0 Å². The molecule has 0 aliphatic carbocycles. The van der Waals surface area contributed by atoms with Crippen molar-refractivity contribution in [2.24, 2.45) is 10.2 Å².